The maximum Gasteiger partial charge on any atom is 0.272 e. The molecule has 6 aromatic rings. The van der Waals surface area contributed by atoms with E-state index in [2.05, 4.69) is 16.0 Å². The Morgan fingerprint density at radius 3 is 2.16 bits per heavy atom. The number of halogens is 1. The van der Waals surface area contributed by atoms with Gasteiger partial charge in [-0.2, -0.15) is 0 Å². The molecule has 0 aliphatic rings. The van der Waals surface area contributed by atoms with Crippen LogP contribution >= 0.6 is 34.7 Å². The average molecular weight is 729 g/mol. The van der Waals surface area contributed by atoms with Gasteiger partial charge in [0.25, 0.3) is 11.8 Å². The van der Waals surface area contributed by atoms with Crippen LogP contribution in [0.3, 0.4) is 0 Å². The minimum absolute atomic E-state index is 0.0494. The summed E-state index contributed by atoms with van der Waals surface area (Å²) in [6.07, 6.45) is 1.57. The second-order valence-electron chi connectivity index (χ2n) is 11.6. The van der Waals surface area contributed by atoms with Crippen LogP contribution < -0.4 is 16.0 Å². The molecule has 0 fully saturated rings. The second kappa shape index (κ2) is 16.5. The third-order valence-corrected chi connectivity index (χ3v) is 10.1. The number of benzene rings is 5. The number of hydrogen-bond acceptors (Lipinski definition) is 6. The number of amides is 3. The highest BCUT2D eigenvalue weighted by atomic mass is 35.5. The molecule has 1 unspecified atom stereocenters. The van der Waals surface area contributed by atoms with Gasteiger partial charge in [-0.25, -0.2) is 4.98 Å². The predicted molar refractivity (Wildman–Crippen MR) is 209 cm³/mol. The second-order valence-corrected chi connectivity index (χ2v) is 14.4. The number of rotatable bonds is 11. The zero-order valence-electron chi connectivity index (χ0n) is 27.7. The summed E-state index contributed by atoms with van der Waals surface area (Å²) in [6.45, 7) is 4.04. The van der Waals surface area contributed by atoms with Gasteiger partial charge in [-0.05, 0) is 79.6 Å². The number of thioether (sulfide) groups is 1. The van der Waals surface area contributed by atoms with Crippen molar-refractivity contribution in [1.82, 2.24) is 10.3 Å². The molecule has 0 aliphatic carbocycles. The molecule has 3 amide bonds. The Kier molecular flexibility index (Phi) is 11.4. The molecule has 254 valence electrons. The van der Waals surface area contributed by atoms with Crippen molar-refractivity contribution in [2.75, 3.05) is 10.6 Å². The summed E-state index contributed by atoms with van der Waals surface area (Å²) in [5, 5.41) is 9.13. The number of carbonyl (C=O) groups is 3. The maximum atomic E-state index is 13.8. The molecular weight excluding hydrogens is 696 g/mol. The highest BCUT2D eigenvalue weighted by Gasteiger charge is 2.24. The molecule has 1 heterocycles. The lowest BCUT2D eigenvalue weighted by Gasteiger charge is -2.17. The zero-order valence-corrected chi connectivity index (χ0v) is 30.1. The van der Waals surface area contributed by atoms with E-state index in [0.29, 0.717) is 27.0 Å². The number of aryl methyl sites for hydroxylation is 2. The first-order valence-electron chi connectivity index (χ1n) is 16.0. The molecule has 0 radical (unpaired) electrons. The lowest BCUT2D eigenvalue weighted by molar-refractivity contribution is -0.116. The summed E-state index contributed by atoms with van der Waals surface area (Å²) < 4.78 is 0. The summed E-state index contributed by atoms with van der Waals surface area (Å²) >= 11 is 9.01. The van der Waals surface area contributed by atoms with Crippen molar-refractivity contribution in [3.8, 4) is 11.3 Å². The van der Waals surface area contributed by atoms with Gasteiger partial charge in [0.1, 0.15) is 10.9 Å². The lowest BCUT2D eigenvalue weighted by atomic mass is 10.1. The molecule has 5 aromatic carbocycles. The standard InChI is InChI=1S/C41H33ClN4O3S2/c1-26-16-18-29(19-17-26)36-27(2)50-41(45-36)46-40(49)37(30-11-5-3-6-12-30)51-34-22-20-33(21-23-34)43-39(48)35(25-28-10-9-15-32(42)24-28)44-38(47)31-13-7-4-8-14-31/h3-25,37H,1-2H3,(H,43,48)(H,44,47)(H,45,46,49)/b35-25-. The van der Waals surface area contributed by atoms with Crippen molar-refractivity contribution in [3.05, 3.63) is 171 Å². The van der Waals surface area contributed by atoms with Crippen LogP contribution in [0.5, 0.6) is 0 Å². The Balaban J connectivity index is 1.18. The number of nitrogens with zero attached hydrogens (tertiary/aromatic N) is 1. The van der Waals surface area contributed by atoms with E-state index in [1.165, 1.54) is 28.7 Å². The monoisotopic (exact) mass is 728 g/mol. The van der Waals surface area contributed by atoms with Gasteiger partial charge in [-0.3, -0.25) is 14.4 Å². The summed E-state index contributed by atoms with van der Waals surface area (Å²) in [5.41, 5.74) is 5.49. The highest BCUT2D eigenvalue weighted by molar-refractivity contribution is 8.00. The number of anilines is 2. The highest BCUT2D eigenvalue weighted by Crippen LogP contribution is 2.38. The number of thiazole rings is 1. The van der Waals surface area contributed by atoms with Crippen LogP contribution in [0.4, 0.5) is 10.8 Å². The minimum atomic E-state index is -0.570. The van der Waals surface area contributed by atoms with Gasteiger partial charge < -0.3 is 16.0 Å². The molecule has 51 heavy (non-hydrogen) atoms. The van der Waals surface area contributed by atoms with Crippen molar-refractivity contribution in [2.24, 2.45) is 0 Å². The first kappa shape index (κ1) is 35.3. The molecule has 0 saturated heterocycles. The fourth-order valence-corrected chi connectivity index (χ4v) is 7.22. The predicted octanol–water partition coefficient (Wildman–Crippen LogP) is 9.96. The zero-order chi connectivity index (χ0) is 35.7. The Hall–Kier alpha value is -5.48. The van der Waals surface area contributed by atoms with Crippen LogP contribution in [0, 0.1) is 13.8 Å². The Morgan fingerprint density at radius 2 is 1.47 bits per heavy atom. The van der Waals surface area contributed by atoms with Crippen molar-refractivity contribution < 1.29 is 14.4 Å². The van der Waals surface area contributed by atoms with Crippen LogP contribution in [-0.4, -0.2) is 22.7 Å². The first-order chi connectivity index (χ1) is 24.7. The topological polar surface area (TPSA) is 100 Å². The smallest absolute Gasteiger partial charge is 0.272 e. The first-order valence-corrected chi connectivity index (χ1v) is 18.1. The van der Waals surface area contributed by atoms with E-state index in [1.54, 1.807) is 66.7 Å². The van der Waals surface area contributed by atoms with Gasteiger partial charge >= 0.3 is 0 Å². The maximum absolute atomic E-state index is 13.8. The summed E-state index contributed by atoms with van der Waals surface area (Å²) in [6, 6.07) is 40.6. The van der Waals surface area contributed by atoms with E-state index in [4.69, 9.17) is 16.6 Å². The third kappa shape index (κ3) is 9.40. The lowest BCUT2D eigenvalue weighted by Crippen LogP contribution is -2.30. The van der Waals surface area contributed by atoms with Crippen LogP contribution in [0.2, 0.25) is 5.02 Å². The van der Waals surface area contributed by atoms with Gasteiger partial charge in [0.15, 0.2) is 5.13 Å². The van der Waals surface area contributed by atoms with E-state index in [9.17, 15) is 14.4 Å². The van der Waals surface area contributed by atoms with E-state index in [-0.39, 0.29) is 11.6 Å². The van der Waals surface area contributed by atoms with Crippen LogP contribution in [0.1, 0.15) is 37.2 Å². The molecule has 0 spiro atoms. The van der Waals surface area contributed by atoms with Gasteiger partial charge in [0.05, 0.1) is 5.69 Å². The molecule has 6 rings (SSSR count). The SMILES string of the molecule is Cc1ccc(-c2nc(NC(=O)C(Sc3ccc(NC(=O)/C(=C/c4cccc(Cl)c4)NC(=O)c4ccccc4)cc3)c3ccccc3)sc2C)cc1. The average Bonchev–Trinajstić information content (AvgIpc) is 3.51. The summed E-state index contributed by atoms with van der Waals surface area (Å²) in [5.74, 6) is -1.13. The molecule has 10 heteroatoms. The normalized spacial score (nSPS) is 11.8. The molecule has 0 bridgehead atoms. The van der Waals surface area contributed by atoms with E-state index < -0.39 is 17.1 Å². The number of aromatic nitrogens is 1. The molecule has 7 nitrogen and oxygen atoms in total. The Labute approximate surface area is 309 Å². The molecule has 1 aromatic heterocycles. The molecule has 0 saturated carbocycles. The van der Waals surface area contributed by atoms with Crippen LogP contribution in [-0.2, 0) is 9.59 Å². The fraction of sp³-hybridized carbons (Fsp3) is 0.0732. The molecule has 0 aliphatic heterocycles. The summed E-state index contributed by atoms with van der Waals surface area (Å²) in [7, 11) is 0. The van der Waals surface area contributed by atoms with E-state index >= 15 is 0 Å². The number of hydrogen-bond donors (Lipinski definition) is 3. The Morgan fingerprint density at radius 1 is 0.784 bits per heavy atom. The molecule has 3 N–H and O–H groups in total. The minimum Gasteiger partial charge on any atom is -0.321 e. The van der Waals surface area contributed by atoms with Gasteiger partial charge in [-0.1, -0.05) is 102 Å². The van der Waals surface area contributed by atoms with Crippen molar-refractivity contribution in [1.29, 1.82) is 0 Å². The third-order valence-electron chi connectivity index (χ3n) is 7.75. The number of nitrogens with one attached hydrogen (secondary N) is 3. The largest absolute Gasteiger partial charge is 0.321 e. The van der Waals surface area contributed by atoms with Crippen molar-refractivity contribution >= 4 is 69.3 Å². The Bertz CT molecular complexity index is 2190. The van der Waals surface area contributed by atoms with Crippen molar-refractivity contribution in [3.63, 3.8) is 0 Å². The molecular formula is C41H33ClN4O3S2. The van der Waals surface area contributed by atoms with Crippen LogP contribution in [0.15, 0.2) is 144 Å². The van der Waals surface area contributed by atoms with Gasteiger partial charge in [-0.15, -0.1) is 23.1 Å². The van der Waals surface area contributed by atoms with Crippen LogP contribution in [0.25, 0.3) is 17.3 Å². The number of carbonyl (C=O) groups excluding carboxylic acids is 3. The summed E-state index contributed by atoms with van der Waals surface area (Å²) in [4.78, 5) is 46.9. The van der Waals surface area contributed by atoms with E-state index in [1.807, 2.05) is 86.6 Å². The van der Waals surface area contributed by atoms with Crippen molar-refractivity contribution in [2.45, 2.75) is 24.0 Å². The quantitative estimate of drug-likeness (QED) is 0.0911. The molecule has 1 atom stereocenters. The van der Waals surface area contributed by atoms with Gasteiger partial charge in [0, 0.05) is 31.6 Å². The van der Waals surface area contributed by atoms with Gasteiger partial charge in [0.2, 0.25) is 5.91 Å². The van der Waals surface area contributed by atoms with E-state index in [0.717, 1.165) is 26.6 Å². The fourth-order valence-electron chi connectivity index (χ4n) is 5.16.